The molecule has 3 aromatic rings. The number of hydrogen-bond donors (Lipinski definition) is 3. The van der Waals surface area contributed by atoms with Gasteiger partial charge in [-0.2, -0.15) is 5.10 Å². The van der Waals surface area contributed by atoms with Gasteiger partial charge in [0, 0.05) is 49.9 Å². The third-order valence-corrected chi connectivity index (χ3v) is 4.87. The van der Waals surface area contributed by atoms with Crippen molar-refractivity contribution >= 4 is 33.9 Å². The lowest BCUT2D eigenvalue weighted by molar-refractivity contribution is -0.384. The Hall–Kier alpha value is -3.24. The van der Waals surface area contributed by atoms with E-state index in [1.807, 2.05) is 18.2 Å². The maximum absolute atomic E-state index is 11.5. The summed E-state index contributed by atoms with van der Waals surface area (Å²) < 4.78 is 0. The zero-order chi connectivity index (χ0) is 19.5. The van der Waals surface area contributed by atoms with Gasteiger partial charge >= 0.3 is 5.69 Å². The van der Waals surface area contributed by atoms with E-state index >= 15 is 0 Å². The number of aromatic nitrogens is 3. The van der Waals surface area contributed by atoms with E-state index in [9.17, 15) is 10.1 Å². The molecule has 28 heavy (non-hydrogen) atoms. The Morgan fingerprint density at radius 3 is 2.79 bits per heavy atom. The Kier molecular flexibility index (Phi) is 5.04. The van der Waals surface area contributed by atoms with Crippen LogP contribution in [0.4, 0.5) is 23.0 Å². The third-order valence-electron chi connectivity index (χ3n) is 4.87. The van der Waals surface area contributed by atoms with Crippen LogP contribution in [0.25, 0.3) is 10.9 Å². The molecule has 3 N–H and O–H groups in total. The van der Waals surface area contributed by atoms with Crippen LogP contribution < -0.4 is 10.2 Å². The number of pyridine rings is 1. The number of nitrogens with one attached hydrogen (secondary N) is 2. The number of aromatic amines is 1. The molecule has 0 amide bonds. The lowest BCUT2D eigenvalue weighted by atomic mass is 10.2. The fourth-order valence-electron chi connectivity index (χ4n) is 3.35. The monoisotopic (exact) mass is 383 g/mol. The van der Waals surface area contributed by atoms with Crippen LogP contribution >= 0.6 is 0 Å². The number of rotatable bonds is 6. The number of aliphatic hydroxyl groups excluding tert-OH is 1. The maximum Gasteiger partial charge on any atom is 0.311 e. The summed E-state index contributed by atoms with van der Waals surface area (Å²) in [6.07, 6.45) is 1.72. The van der Waals surface area contributed by atoms with Gasteiger partial charge in [-0.05, 0) is 24.3 Å². The number of piperazine rings is 1. The second-order valence-electron chi connectivity index (χ2n) is 6.64. The number of nitro groups is 1. The first-order chi connectivity index (χ1) is 13.6. The van der Waals surface area contributed by atoms with Gasteiger partial charge in [-0.1, -0.05) is 0 Å². The summed E-state index contributed by atoms with van der Waals surface area (Å²) in [5.74, 6) is 0.901. The van der Waals surface area contributed by atoms with E-state index in [-0.39, 0.29) is 18.1 Å². The first kappa shape index (κ1) is 18.1. The zero-order valence-corrected chi connectivity index (χ0v) is 15.2. The van der Waals surface area contributed by atoms with Crippen LogP contribution in [0.5, 0.6) is 0 Å². The maximum atomic E-state index is 11.5. The van der Waals surface area contributed by atoms with Gasteiger partial charge in [0.2, 0.25) is 5.82 Å². The second-order valence-corrected chi connectivity index (χ2v) is 6.64. The largest absolute Gasteiger partial charge is 0.395 e. The summed E-state index contributed by atoms with van der Waals surface area (Å²) in [7, 11) is 0. The van der Waals surface area contributed by atoms with E-state index in [1.165, 1.54) is 6.07 Å². The van der Waals surface area contributed by atoms with Crippen LogP contribution in [-0.4, -0.2) is 69.4 Å². The number of benzene rings is 1. The van der Waals surface area contributed by atoms with Gasteiger partial charge in [0.25, 0.3) is 0 Å². The van der Waals surface area contributed by atoms with Crippen molar-refractivity contribution in [2.75, 3.05) is 49.5 Å². The summed E-state index contributed by atoms with van der Waals surface area (Å²) in [4.78, 5) is 19.8. The highest BCUT2D eigenvalue weighted by Crippen LogP contribution is 2.29. The van der Waals surface area contributed by atoms with Crippen molar-refractivity contribution in [1.29, 1.82) is 0 Å². The molecule has 1 aromatic carbocycles. The molecule has 3 heterocycles. The normalized spacial score (nSPS) is 15.1. The second kappa shape index (κ2) is 7.79. The first-order valence-electron chi connectivity index (χ1n) is 9.08. The SMILES string of the molecule is O=[N+]([O-])c1ccc(N2CCN(CCO)CC2)nc1Nc1ccc2cn[nH]c2c1. The number of anilines is 3. The van der Waals surface area contributed by atoms with Gasteiger partial charge in [-0.15, -0.1) is 0 Å². The van der Waals surface area contributed by atoms with Crippen LogP contribution in [0.1, 0.15) is 0 Å². The molecule has 1 fully saturated rings. The molecule has 0 aliphatic carbocycles. The van der Waals surface area contributed by atoms with E-state index in [0.29, 0.717) is 18.1 Å². The Morgan fingerprint density at radius 2 is 2.04 bits per heavy atom. The number of aliphatic hydroxyl groups is 1. The third kappa shape index (κ3) is 3.73. The molecule has 4 rings (SSSR count). The molecule has 10 heteroatoms. The molecular formula is C18H21N7O3. The van der Waals surface area contributed by atoms with Crippen molar-refractivity contribution in [2.24, 2.45) is 0 Å². The van der Waals surface area contributed by atoms with Crippen molar-refractivity contribution in [3.63, 3.8) is 0 Å². The first-order valence-corrected chi connectivity index (χ1v) is 9.08. The molecule has 0 bridgehead atoms. The van der Waals surface area contributed by atoms with Crippen LogP contribution in [-0.2, 0) is 0 Å². The minimum absolute atomic E-state index is 0.0765. The van der Waals surface area contributed by atoms with Crippen LogP contribution in [0.2, 0.25) is 0 Å². The lowest BCUT2D eigenvalue weighted by Crippen LogP contribution is -2.47. The number of nitrogens with zero attached hydrogens (tertiary/aromatic N) is 5. The highest BCUT2D eigenvalue weighted by Gasteiger charge is 2.22. The molecule has 1 aliphatic heterocycles. The summed E-state index contributed by atoms with van der Waals surface area (Å²) >= 11 is 0. The molecule has 1 aliphatic rings. The molecule has 1 saturated heterocycles. The number of fused-ring (bicyclic) bond motifs is 1. The lowest BCUT2D eigenvalue weighted by Gasteiger charge is -2.35. The number of hydrogen-bond acceptors (Lipinski definition) is 8. The highest BCUT2D eigenvalue weighted by molar-refractivity contribution is 5.83. The van der Waals surface area contributed by atoms with Crippen molar-refractivity contribution in [3.05, 3.63) is 46.6 Å². The van der Waals surface area contributed by atoms with E-state index in [0.717, 1.165) is 37.1 Å². The van der Waals surface area contributed by atoms with Crippen LogP contribution in [0.15, 0.2) is 36.5 Å². The molecule has 10 nitrogen and oxygen atoms in total. The molecule has 146 valence electrons. The molecular weight excluding hydrogens is 362 g/mol. The zero-order valence-electron chi connectivity index (χ0n) is 15.2. The predicted octanol–water partition coefficient (Wildman–Crippen LogP) is 1.72. The molecule has 0 unspecified atom stereocenters. The quantitative estimate of drug-likeness (QED) is 0.434. The predicted molar refractivity (Wildman–Crippen MR) is 106 cm³/mol. The number of H-pyrrole nitrogens is 1. The molecule has 2 aromatic heterocycles. The van der Waals surface area contributed by atoms with Gasteiger partial charge in [0.15, 0.2) is 0 Å². The van der Waals surface area contributed by atoms with Gasteiger partial charge < -0.3 is 15.3 Å². The van der Waals surface area contributed by atoms with Crippen LogP contribution in [0.3, 0.4) is 0 Å². The topological polar surface area (TPSA) is 123 Å². The van der Waals surface area contributed by atoms with Crippen molar-refractivity contribution < 1.29 is 10.0 Å². The van der Waals surface area contributed by atoms with Crippen LogP contribution in [0, 0.1) is 10.1 Å². The van der Waals surface area contributed by atoms with E-state index in [2.05, 4.69) is 30.3 Å². The summed E-state index contributed by atoms with van der Waals surface area (Å²) in [5, 5.41) is 31.4. The minimum atomic E-state index is -0.437. The molecule has 0 atom stereocenters. The standard InChI is InChI=1S/C18H21N7O3/c26-10-9-23-5-7-24(8-6-23)17-4-3-16(25(27)28)18(21-17)20-14-2-1-13-12-19-22-15(13)11-14/h1-4,11-12,26H,5-10H2,(H,19,22)(H,20,21). The molecule has 0 spiro atoms. The van der Waals surface area contributed by atoms with E-state index in [1.54, 1.807) is 12.3 Å². The Labute approximate surface area is 160 Å². The Bertz CT molecular complexity index is 982. The Balaban J connectivity index is 1.58. The van der Waals surface area contributed by atoms with Gasteiger partial charge in [-0.3, -0.25) is 20.1 Å². The van der Waals surface area contributed by atoms with E-state index < -0.39 is 4.92 Å². The smallest absolute Gasteiger partial charge is 0.311 e. The van der Waals surface area contributed by atoms with Crippen molar-refractivity contribution in [3.8, 4) is 0 Å². The fourth-order valence-corrected chi connectivity index (χ4v) is 3.35. The minimum Gasteiger partial charge on any atom is -0.395 e. The van der Waals surface area contributed by atoms with Gasteiger partial charge in [-0.25, -0.2) is 4.98 Å². The fraction of sp³-hybridized carbons (Fsp3) is 0.333. The average molecular weight is 383 g/mol. The van der Waals surface area contributed by atoms with Crippen molar-refractivity contribution in [2.45, 2.75) is 0 Å². The summed E-state index contributed by atoms with van der Waals surface area (Å²) in [6.45, 7) is 3.95. The highest BCUT2D eigenvalue weighted by atomic mass is 16.6. The molecule has 0 radical (unpaired) electrons. The number of β-amino-alcohol motifs (C(OH)–C–C–N with tert-alkyl or cyclic N) is 1. The van der Waals surface area contributed by atoms with Gasteiger partial charge in [0.1, 0.15) is 5.82 Å². The van der Waals surface area contributed by atoms with E-state index in [4.69, 9.17) is 5.11 Å². The Morgan fingerprint density at radius 1 is 1.21 bits per heavy atom. The van der Waals surface area contributed by atoms with Gasteiger partial charge in [0.05, 0.1) is 23.2 Å². The summed E-state index contributed by atoms with van der Waals surface area (Å²) in [5.41, 5.74) is 1.45. The average Bonchev–Trinajstić information content (AvgIpc) is 3.16. The van der Waals surface area contributed by atoms with Crippen molar-refractivity contribution in [1.82, 2.24) is 20.1 Å². The summed E-state index contributed by atoms with van der Waals surface area (Å²) in [6, 6.07) is 8.73. The molecule has 0 saturated carbocycles.